The van der Waals surface area contributed by atoms with Crippen LogP contribution in [0, 0.1) is 5.41 Å². The minimum Gasteiger partial charge on any atom is -0.493 e. The van der Waals surface area contributed by atoms with Crippen LogP contribution in [0.5, 0.6) is 5.75 Å². The average Bonchev–Trinajstić information content (AvgIpc) is 3.05. The molecule has 2 aliphatic heterocycles. The van der Waals surface area contributed by atoms with Gasteiger partial charge in [-0.1, -0.05) is 12.1 Å². The minimum absolute atomic E-state index is 0.218. The molecule has 1 aromatic rings. The third kappa shape index (κ3) is 2.25. The zero-order valence-corrected chi connectivity index (χ0v) is 10.8. The maximum absolute atomic E-state index is 5.92. The van der Waals surface area contributed by atoms with Crippen LogP contribution in [0.2, 0.25) is 0 Å². The van der Waals surface area contributed by atoms with Crippen LogP contribution in [0.25, 0.3) is 0 Å². The summed E-state index contributed by atoms with van der Waals surface area (Å²) < 4.78 is 11.0. The molecule has 2 heterocycles. The van der Waals surface area contributed by atoms with E-state index in [0.717, 1.165) is 57.8 Å². The van der Waals surface area contributed by atoms with E-state index in [1.807, 2.05) is 0 Å². The van der Waals surface area contributed by atoms with Gasteiger partial charge < -0.3 is 15.2 Å². The van der Waals surface area contributed by atoms with Gasteiger partial charge in [0.2, 0.25) is 0 Å². The number of hydrogen-bond acceptors (Lipinski definition) is 3. The van der Waals surface area contributed by atoms with Crippen LogP contribution in [0.4, 0.5) is 0 Å². The number of fused-ring (bicyclic) bond motifs is 1. The molecule has 2 aliphatic rings. The summed E-state index contributed by atoms with van der Waals surface area (Å²) in [5.41, 5.74) is 8.90. The zero-order valence-electron chi connectivity index (χ0n) is 10.8. The van der Waals surface area contributed by atoms with Crippen molar-refractivity contribution in [1.82, 2.24) is 0 Å². The zero-order chi connectivity index (χ0) is 12.4. The molecule has 1 fully saturated rings. The molecule has 1 atom stereocenters. The largest absolute Gasteiger partial charge is 0.493 e. The van der Waals surface area contributed by atoms with Crippen molar-refractivity contribution in [3.8, 4) is 5.75 Å². The van der Waals surface area contributed by atoms with Gasteiger partial charge in [0.1, 0.15) is 5.75 Å². The predicted molar refractivity (Wildman–Crippen MR) is 70.9 cm³/mol. The predicted octanol–water partition coefficient (Wildman–Crippen LogP) is 1.92. The maximum atomic E-state index is 5.92. The van der Waals surface area contributed by atoms with Gasteiger partial charge in [-0.05, 0) is 36.5 Å². The van der Waals surface area contributed by atoms with E-state index in [4.69, 9.17) is 15.2 Å². The molecule has 0 amide bonds. The molecule has 1 unspecified atom stereocenters. The number of ether oxygens (including phenoxy) is 2. The summed E-state index contributed by atoms with van der Waals surface area (Å²) in [6.45, 7) is 3.27. The Morgan fingerprint density at radius 2 is 2.22 bits per heavy atom. The van der Waals surface area contributed by atoms with Crippen molar-refractivity contribution >= 4 is 0 Å². The third-order valence-electron chi connectivity index (χ3n) is 4.32. The molecule has 0 radical (unpaired) electrons. The van der Waals surface area contributed by atoms with E-state index in [9.17, 15) is 0 Å². The van der Waals surface area contributed by atoms with E-state index < -0.39 is 0 Å². The summed E-state index contributed by atoms with van der Waals surface area (Å²) >= 11 is 0. The lowest BCUT2D eigenvalue weighted by molar-refractivity contribution is 0.150. The smallest absolute Gasteiger partial charge is 0.122 e. The van der Waals surface area contributed by atoms with E-state index in [2.05, 4.69) is 18.2 Å². The van der Waals surface area contributed by atoms with Crippen LogP contribution in [0.3, 0.4) is 0 Å². The Kier molecular flexibility index (Phi) is 3.27. The lowest BCUT2D eigenvalue weighted by atomic mass is 9.81. The lowest BCUT2D eigenvalue weighted by Gasteiger charge is -2.25. The Morgan fingerprint density at radius 1 is 1.28 bits per heavy atom. The van der Waals surface area contributed by atoms with Crippen LogP contribution < -0.4 is 10.5 Å². The Balaban J connectivity index is 1.66. The highest BCUT2D eigenvalue weighted by Crippen LogP contribution is 2.33. The maximum Gasteiger partial charge on any atom is 0.122 e. The summed E-state index contributed by atoms with van der Waals surface area (Å²) in [6.07, 6.45) is 4.38. The summed E-state index contributed by atoms with van der Waals surface area (Å²) in [7, 11) is 0. The van der Waals surface area contributed by atoms with Gasteiger partial charge in [-0.3, -0.25) is 0 Å². The quantitative estimate of drug-likeness (QED) is 0.884. The highest BCUT2D eigenvalue weighted by Gasteiger charge is 2.33. The Hall–Kier alpha value is -1.06. The fraction of sp³-hybridized carbons (Fsp3) is 0.600. The second-order valence-electron chi connectivity index (χ2n) is 5.55. The van der Waals surface area contributed by atoms with Gasteiger partial charge in [0, 0.05) is 25.0 Å². The van der Waals surface area contributed by atoms with Crippen molar-refractivity contribution in [3.05, 3.63) is 29.3 Å². The first-order valence-electron chi connectivity index (χ1n) is 6.84. The fourth-order valence-corrected chi connectivity index (χ4v) is 2.91. The van der Waals surface area contributed by atoms with E-state index in [-0.39, 0.29) is 5.41 Å². The highest BCUT2D eigenvalue weighted by atomic mass is 16.5. The number of aryl methyl sites for hydroxylation is 1. The second-order valence-corrected chi connectivity index (χ2v) is 5.55. The molecule has 3 heteroatoms. The molecular weight excluding hydrogens is 226 g/mol. The molecule has 98 valence electrons. The number of nitrogens with two attached hydrogens (primary N) is 1. The van der Waals surface area contributed by atoms with E-state index in [0.29, 0.717) is 0 Å². The van der Waals surface area contributed by atoms with Gasteiger partial charge in [-0.15, -0.1) is 0 Å². The molecule has 0 saturated carbocycles. The number of hydrogen-bond donors (Lipinski definition) is 1. The summed E-state index contributed by atoms with van der Waals surface area (Å²) in [6, 6.07) is 6.59. The van der Waals surface area contributed by atoms with E-state index >= 15 is 0 Å². The summed E-state index contributed by atoms with van der Waals surface area (Å²) in [5, 5.41) is 0. The van der Waals surface area contributed by atoms with Gasteiger partial charge in [-0.2, -0.15) is 0 Å². The molecule has 0 bridgehead atoms. The van der Waals surface area contributed by atoms with Crippen LogP contribution in [-0.2, 0) is 17.6 Å². The third-order valence-corrected chi connectivity index (χ3v) is 4.32. The normalized spacial score (nSPS) is 26.1. The van der Waals surface area contributed by atoms with Crippen LogP contribution in [0.15, 0.2) is 18.2 Å². The SMILES string of the molecule is NCC1(CCc2ccc3c(c2)CCO3)CCOC1. The molecule has 1 saturated heterocycles. The van der Waals surface area contributed by atoms with Crippen molar-refractivity contribution in [3.63, 3.8) is 0 Å². The van der Waals surface area contributed by atoms with Crippen LogP contribution >= 0.6 is 0 Å². The summed E-state index contributed by atoms with van der Waals surface area (Å²) in [4.78, 5) is 0. The van der Waals surface area contributed by atoms with Crippen LogP contribution in [-0.4, -0.2) is 26.4 Å². The standard InChI is InChI=1S/C15H21NO2/c16-10-15(6-8-17-11-15)5-3-12-1-2-14-13(9-12)4-7-18-14/h1-2,9H,3-8,10-11,16H2. The fourth-order valence-electron chi connectivity index (χ4n) is 2.91. The first kappa shape index (κ1) is 12.0. The molecular formula is C15H21NO2. The topological polar surface area (TPSA) is 44.5 Å². The van der Waals surface area contributed by atoms with Gasteiger partial charge in [0.25, 0.3) is 0 Å². The van der Waals surface area contributed by atoms with Crippen molar-refractivity contribution in [2.24, 2.45) is 11.1 Å². The van der Waals surface area contributed by atoms with Crippen LogP contribution in [0.1, 0.15) is 24.0 Å². The van der Waals surface area contributed by atoms with Gasteiger partial charge in [0.05, 0.1) is 13.2 Å². The van der Waals surface area contributed by atoms with Crippen molar-refractivity contribution in [2.45, 2.75) is 25.7 Å². The summed E-state index contributed by atoms with van der Waals surface area (Å²) in [5.74, 6) is 1.07. The average molecular weight is 247 g/mol. The molecule has 18 heavy (non-hydrogen) atoms. The lowest BCUT2D eigenvalue weighted by Crippen LogP contribution is -2.31. The minimum atomic E-state index is 0.218. The Morgan fingerprint density at radius 3 is 3.00 bits per heavy atom. The van der Waals surface area contributed by atoms with E-state index in [1.165, 1.54) is 11.1 Å². The van der Waals surface area contributed by atoms with E-state index in [1.54, 1.807) is 0 Å². The first-order valence-corrected chi connectivity index (χ1v) is 6.84. The molecule has 0 aliphatic carbocycles. The molecule has 3 nitrogen and oxygen atoms in total. The molecule has 1 aromatic carbocycles. The highest BCUT2D eigenvalue weighted by molar-refractivity contribution is 5.39. The monoisotopic (exact) mass is 247 g/mol. The Labute approximate surface area is 108 Å². The molecule has 2 N–H and O–H groups in total. The van der Waals surface area contributed by atoms with Gasteiger partial charge in [0.15, 0.2) is 0 Å². The first-order chi connectivity index (χ1) is 8.81. The molecule has 0 aromatic heterocycles. The molecule has 3 rings (SSSR count). The van der Waals surface area contributed by atoms with Crippen molar-refractivity contribution in [2.75, 3.05) is 26.4 Å². The van der Waals surface area contributed by atoms with Crippen molar-refractivity contribution in [1.29, 1.82) is 0 Å². The second kappa shape index (κ2) is 4.90. The Bertz CT molecular complexity index is 425. The number of benzene rings is 1. The van der Waals surface area contributed by atoms with Gasteiger partial charge in [-0.25, -0.2) is 0 Å². The molecule has 0 spiro atoms. The van der Waals surface area contributed by atoms with Crippen molar-refractivity contribution < 1.29 is 9.47 Å². The van der Waals surface area contributed by atoms with Gasteiger partial charge >= 0.3 is 0 Å². The number of rotatable bonds is 4.